The molecule has 1 aliphatic rings. The van der Waals surface area contributed by atoms with Crippen molar-refractivity contribution in [3.63, 3.8) is 0 Å². The van der Waals surface area contributed by atoms with Crippen molar-refractivity contribution >= 4 is 28.5 Å². The molecule has 1 atom stereocenters. The molecule has 0 bridgehead atoms. The van der Waals surface area contributed by atoms with Crippen molar-refractivity contribution in [3.05, 3.63) is 110 Å². The van der Waals surface area contributed by atoms with Gasteiger partial charge in [0.05, 0.1) is 24.1 Å². The molecule has 1 amide bonds. The average Bonchev–Trinajstić information content (AvgIpc) is 3.08. The van der Waals surface area contributed by atoms with E-state index in [0.717, 1.165) is 16.7 Å². The van der Waals surface area contributed by atoms with E-state index in [1.807, 2.05) is 55.5 Å². The fourth-order valence-electron chi connectivity index (χ4n) is 4.24. The Morgan fingerprint density at radius 2 is 1.78 bits per heavy atom. The molecule has 0 saturated carbocycles. The molecule has 160 valence electrons. The van der Waals surface area contributed by atoms with Crippen LogP contribution >= 0.6 is 11.6 Å². The van der Waals surface area contributed by atoms with E-state index in [0.29, 0.717) is 27.3 Å². The molecular formula is C26H20ClNO4. The average molecular weight is 446 g/mol. The fourth-order valence-corrected chi connectivity index (χ4v) is 4.44. The van der Waals surface area contributed by atoms with Crippen molar-refractivity contribution in [2.45, 2.75) is 19.5 Å². The molecule has 1 aliphatic heterocycles. The van der Waals surface area contributed by atoms with E-state index in [2.05, 4.69) is 0 Å². The van der Waals surface area contributed by atoms with Crippen LogP contribution in [0.5, 0.6) is 5.75 Å². The summed E-state index contributed by atoms with van der Waals surface area (Å²) >= 11 is 6.39. The number of rotatable bonds is 4. The Morgan fingerprint density at radius 1 is 1.03 bits per heavy atom. The second kappa shape index (κ2) is 7.84. The molecule has 0 aliphatic carbocycles. The van der Waals surface area contributed by atoms with Gasteiger partial charge in [-0.05, 0) is 48.4 Å². The van der Waals surface area contributed by atoms with Crippen LogP contribution in [-0.4, -0.2) is 17.9 Å². The number of fused-ring (bicyclic) bond motifs is 2. The Balaban J connectivity index is 1.73. The number of methoxy groups -OCH3 is 1. The summed E-state index contributed by atoms with van der Waals surface area (Å²) < 4.78 is 11.3. The molecule has 4 aromatic rings. The molecule has 3 aromatic carbocycles. The standard InChI is InChI=1S/C26H20ClNO4/c1-15-7-12-21-19(13-15)24(29)22-23(16-8-10-18(31-2)11-9-16)28(26(30)25(22)32-21)14-17-5-3-4-6-20(17)27/h3-13,23H,14H2,1-2H3. The molecule has 32 heavy (non-hydrogen) atoms. The van der Waals surface area contributed by atoms with E-state index in [-0.39, 0.29) is 23.6 Å². The van der Waals surface area contributed by atoms with Gasteiger partial charge in [-0.3, -0.25) is 9.59 Å². The summed E-state index contributed by atoms with van der Waals surface area (Å²) in [5, 5.41) is 1.03. The van der Waals surface area contributed by atoms with Crippen LogP contribution in [0.25, 0.3) is 11.0 Å². The molecular weight excluding hydrogens is 426 g/mol. The summed E-state index contributed by atoms with van der Waals surface area (Å²) in [5.41, 5.74) is 3.10. The first-order chi connectivity index (χ1) is 15.5. The normalized spacial score (nSPS) is 15.3. The van der Waals surface area contributed by atoms with Gasteiger partial charge in [-0.1, -0.05) is 53.6 Å². The van der Waals surface area contributed by atoms with Gasteiger partial charge in [-0.25, -0.2) is 0 Å². The fraction of sp³-hybridized carbons (Fsp3) is 0.154. The molecule has 0 spiro atoms. The number of carbonyl (C=O) groups excluding carboxylic acids is 1. The monoisotopic (exact) mass is 445 g/mol. The molecule has 2 heterocycles. The minimum Gasteiger partial charge on any atom is -0.497 e. The molecule has 0 fully saturated rings. The topological polar surface area (TPSA) is 59.8 Å². The van der Waals surface area contributed by atoms with Crippen molar-refractivity contribution < 1.29 is 13.9 Å². The lowest BCUT2D eigenvalue weighted by atomic mass is 9.98. The van der Waals surface area contributed by atoms with E-state index < -0.39 is 6.04 Å². The van der Waals surface area contributed by atoms with Crippen LogP contribution in [0.4, 0.5) is 0 Å². The Kier molecular flexibility index (Phi) is 4.98. The highest BCUT2D eigenvalue weighted by atomic mass is 35.5. The summed E-state index contributed by atoms with van der Waals surface area (Å²) in [6.07, 6.45) is 0. The summed E-state index contributed by atoms with van der Waals surface area (Å²) in [6, 6.07) is 19.5. The zero-order valence-corrected chi connectivity index (χ0v) is 18.3. The van der Waals surface area contributed by atoms with Crippen molar-refractivity contribution in [3.8, 4) is 5.75 Å². The van der Waals surface area contributed by atoms with Crippen LogP contribution in [0.1, 0.15) is 38.9 Å². The number of nitrogens with zero attached hydrogens (tertiary/aromatic N) is 1. The van der Waals surface area contributed by atoms with Gasteiger partial charge in [-0.2, -0.15) is 0 Å². The van der Waals surface area contributed by atoms with Gasteiger partial charge in [-0.15, -0.1) is 0 Å². The molecule has 5 nitrogen and oxygen atoms in total. The van der Waals surface area contributed by atoms with Crippen LogP contribution in [0.15, 0.2) is 75.9 Å². The van der Waals surface area contributed by atoms with Crippen LogP contribution in [0, 0.1) is 6.92 Å². The SMILES string of the molecule is COc1ccc(C2c3c(oc4ccc(C)cc4c3=O)C(=O)N2Cc2ccccc2Cl)cc1. The first kappa shape index (κ1) is 20.3. The van der Waals surface area contributed by atoms with E-state index in [9.17, 15) is 9.59 Å². The Hall–Kier alpha value is -3.57. The number of halogens is 1. The Labute approximate surface area is 189 Å². The van der Waals surface area contributed by atoms with Crippen LogP contribution in [-0.2, 0) is 6.54 Å². The van der Waals surface area contributed by atoms with Crippen molar-refractivity contribution in [1.82, 2.24) is 4.90 Å². The molecule has 0 saturated heterocycles. The van der Waals surface area contributed by atoms with Crippen molar-refractivity contribution in [2.24, 2.45) is 0 Å². The highest BCUT2D eigenvalue weighted by Gasteiger charge is 2.42. The summed E-state index contributed by atoms with van der Waals surface area (Å²) in [6.45, 7) is 2.16. The lowest BCUT2D eigenvalue weighted by Gasteiger charge is -2.25. The van der Waals surface area contributed by atoms with Crippen LogP contribution in [0.3, 0.4) is 0 Å². The molecule has 1 aromatic heterocycles. The molecule has 1 unspecified atom stereocenters. The summed E-state index contributed by atoms with van der Waals surface area (Å²) in [5.74, 6) is 0.441. The van der Waals surface area contributed by atoms with Gasteiger partial charge in [0.2, 0.25) is 5.76 Å². The zero-order chi connectivity index (χ0) is 22.4. The number of carbonyl (C=O) groups is 1. The van der Waals surface area contributed by atoms with E-state index >= 15 is 0 Å². The lowest BCUT2D eigenvalue weighted by molar-refractivity contribution is 0.0714. The number of hydrogen-bond donors (Lipinski definition) is 0. The second-order valence-corrected chi connectivity index (χ2v) is 8.28. The van der Waals surface area contributed by atoms with Crippen molar-refractivity contribution in [1.29, 1.82) is 0 Å². The highest BCUT2D eigenvalue weighted by molar-refractivity contribution is 6.31. The number of ether oxygens (including phenoxy) is 1. The smallest absolute Gasteiger partial charge is 0.291 e. The molecule has 6 heteroatoms. The highest BCUT2D eigenvalue weighted by Crippen LogP contribution is 2.40. The Bertz CT molecular complexity index is 1410. The molecule has 0 radical (unpaired) electrons. The van der Waals surface area contributed by atoms with Gasteiger partial charge in [0.1, 0.15) is 11.3 Å². The van der Waals surface area contributed by atoms with E-state index in [1.165, 1.54) is 0 Å². The predicted octanol–water partition coefficient (Wildman–Crippen LogP) is 5.51. The predicted molar refractivity (Wildman–Crippen MR) is 123 cm³/mol. The van der Waals surface area contributed by atoms with E-state index in [1.54, 1.807) is 30.2 Å². The number of hydrogen-bond acceptors (Lipinski definition) is 4. The molecule has 5 rings (SSSR count). The minimum atomic E-state index is -0.596. The third kappa shape index (κ3) is 3.26. The van der Waals surface area contributed by atoms with Crippen molar-refractivity contribution in [2.75, 3.05) is 7.11 Å². The van der Waals surface area contributed by atoms with Gasteiger partial charge in [0.25, 0.3) is 5.91 Å². The van der Waals surface area contributed by atoms with Crippen LogP contribution in [0.2, 0.25) is 5.02 Å². The number of amides is 1. The number of benzene rings is 3. The maximum atomic E-state index is 13.6. The van der Waals surface area contributed by atoms with E-state index in [4.69, 9.17) is 20.8 Å². The van der Waals surface area contributed by atoms with Gasteiger partial charge in [0, 0.05) is 11.6 Å². The Morgan fingerprint density at radius 3 is 2.50 bits per heavy atom. The zero-order valence-electron chi connectivity index (χ0n) is 17.6. The van der Waals surface area contributed by atoms with Gasteiger partial charge >= 0.3 is 0 Å². The maximum absolute atomic E-state index is 13.6. The summed E-state index contributed by atoms with van der Waals surface area (Å²) in [7, 11) is 1.59. The number of aryl methyl sites for hydroxylation is 1. The van der Waals surface area contributed by atoms with Gasteiger partial charge in [0.15, 0.2) is 5.43 Å². The largest absolute Gasteiger partial charge is 0.497 e. The third-order valence-corrected chi connectivity index (χ3v) is 6.22. The maximum Gasteiger partial charge on any atom is 0.291 e. The lowest BCUT2D eigenvalue weighted by Crippen LogP contribution is -2.29. The summed E-state index contributed by atoms with van der Waals surface area (Å²) in [4.78, 5) is 28.8. The molecule has 0 N–H and O–H groups in total. The first-order valence-electron chi connectivity index (χ1n) is 10.2. The second-order valence-electron chi connectivity index (χ2n) is 7.87. The third-order valence-electron chi connectivity index (χ3n) is 5.85. The quantitative estimate of drug-likeness (QED) is 0.415. The first-order valence-corrected chi connectivity index (χ1v) is 10.6. The van der Waals surface area contributed by atoms with Crippen LogP contribution < -0.4 is 10.2 Å². The minimum absolute atomic E-state index is 0.0826. The van der Waals surface area contributed by atoms with Gasteiger partial charge < -0.3 is 14.1 Å².